The molecule has 2 heterocycles. The molecule has 0 spiro atoms. The number of carbonyl (C=O) groups is 2. The monoisotopic (exact) mass is 315 g/mol. The lowest BCUT2D eigenvalue weighted by Gasteiger charge is -2.15. The molecule has 2 aromatic rings. The van der Waals surface area contributed by atoms with E-state index < -0.39 is 0 Å². The number of likely N-dealkylation sites (tertiary alicyclic amines) is 1. The highest BCUT2D eigenvalue weighted by atomic mass is 16.2. The van der Waals surface area contributed by atoms with E-state index in [0.29, 0.717) is 24.0 Å². The van der Waals surface area contributed by atoms with Gasteiger partial charge in [0.05, 0.1) is 5.52 Å². The molecule has 1 aliphatic heterocycles. The van der Waals surface area contributed by atoms with Crippen molar-refractivity contribution >= 4 is 22.8 Å². The highest BCUT2D eigenvalue weighted by molar-refractivity contribution is 5.97. The first kappa shape index (κ1) is 15.5. The molecule has 1 saturated heterocycles. The van der Waals surface area contributed by atoms with E-state index in [1.54, 1.807) is 16.8 Å². The first-order valence-corrected chi connectivity index (χ1v) is 8.08. The van der Waals surface area contributed by atoms with E-state index in [9.17, 15) is 9.59 Å². The standard InChI is InChI=1S/C16H21N5O2/c1-2-21-14-6-5-12(11-13(14)18-19-21)16(23)17-8-7-15(22)20-9-3-4-10-20/h5-6,11H,2-4,7-10H2,1H3,(H,17,23). The first-order chi connectivity index (χ1) is 11.2. The van der Waals surface area contributed by atoms with Gasteiger partial charge in [-0.1, -0.05) is 5.21 Å². The zero-order valence-electron chi connectivity index (χ0n) is 13.3. The highest BCUT2D eigenvalue weighted by Crippen LogP contribution is 2.13. The second-order valence-electron chi connectivity index (χ2n) is 5.70. The lowest BCUT2D eigenvalue weighted by molar-refractivity contribution is -0.129. The topological polar surface area (TPSA) is 80.1 Å². The van der Waals surface area contributed by atoms with Gasteiger partial charge in [-0.05, 0) is 38.0 Å². The smallest absolute Gasteiger partial charge is 0.251 e. The number of nitrogens with zero attached hydrogens (tertiary/aromatic N) is 4. The molecule has 1 aromatic heterocycles. The molecule has 1 fully saturated rings. The lowest BCUT2D eigenvalue weighted by Crippen LogP contribution is -2.32. The number of benzene rings is 1. The summed E-state index contributed by atoms with van der Waals surface area (Å²) in [6.45, 7) is 4.77. The Morgan fingerprint density at radius 3 is 2.78 bits per heavy atom. The number of rotatable bonds is 5. The molecule has 0 radical (unpaired) electrons. The third-order valence-electron chi connectivity index (χ3n) is 4.16. The fourth-order valence-corrected chi connectivity index (χ4v) is 2.86. The molecule has 7 heteroatoms. The van der Waals surface area contributed by atoms with Crippen LogP contribution in [0.4, 0.5) is 0 Å². The van der Waals surface area contributed by atoms with E-state index in [4.69, 9.17) is 0 Å². The minimum absolute atomic E-state index is 0.115. The summed E-state index contributed by atoms with van der Waals surface area (Å²) in [5.74, 6) is -0.0729. The van der Waals surface area contributed by atoms with Crippen LogP contribution < -0.4 is 5.32 Å². The van der Waals surface area contributed by atoms with Gasteiger partial charge >= 0.3 is 0 Å². The zero-order valence-corrected chi connectivity index (χ0v) is 13.3. The highest BCUT2D eigenvalue weighted by Gasteiger charge is 2.17. The van der Waals surface area contributed by atoms with Crippen molar-refractivity contribution in [2.45, 2.75) is 32.7 Å². The summed E-state index contributed by atoms with van der Waals surface area (Å²) in [6.07, 6.45) is 2.51. The Hall–Kier alpha value is -2.44. The van der Waals surface area contributed by atoms with Crippen LogP contribution in [0.15, 0.2) is 18.2 Å². The van der Waals surface area contributed by atoms with E-state index in [1.165, 1.54) is 0 Å². The molecule has 0 aliphatic carbocycles. The molecule has 1 aromatic carbocycles. The maximum absolute atomic E-state index is 12.2. The summed E-state index contributed by atoms with van der Waals surface area (Å²) in [6, 6.07) is 5.34. The molecule has 1 N–H and O–H groups in total. The van der Waals surface area contributed by atoms with Gasteiger partial charge in [0, 0.05) is 38.2 Å². The van der Waals surface area contributed by atoms with Crippen LogP contribution in [0.1, 0.15) is 36.5 Å². The molecule has 122 valence electrons. The van der Waals surface area contributed by atoms with Crippen molar-refractivity contribution in [1.29, 1.82) is 0 Å². The molecule has 0 bridgehead atoms. The SMILES string of the molecule is CCn1nnc2cc(C(=O)NCCC(=O)N3CCCC3)ccc21. The molecule has 23 heavy (non-hydrogen) atoms. The first-order valence-electron chi connectivity index (χ1n) is 8.08. The second kappa shape index (κ2) is 6.76. The molecule has 1 aliphatic rings. The summed E-state index contributed by atoms with van der Waals surface area (Å²) in [7, 11) is 0. The van der Waals surface area contributed by atoms with Crippen molar-refractivity contribution in [1.82, 2.24) is 25.2 Å². The minimum Gasteiger partial charge on any atom is -0.352 e. The van der Waals surface area contributed by atoms with E-state index in [1.807, 2.05) is 17.9 Å². The van der Waals surface area contributed by atoms with Crippen molar-refractivity contribution in [3.8, 4) is 0 Å². The van der Waals surface area contributed by atoms with Crippen LogP contribution in [0.5, 0.6) is 0 Å². The average Bonchev–Trinajstić information content (AvgIpc) is 3.23. The van der Waals surface area contributed by atoms with Gasteiger partial charge in [-0.2, -0.15) is 0 Å². The quantitative estimate of drug-likeness (QED) is 0.899. The van der Waals surface area contributed by atoms with Gasteiger partial charge < -0.3 is 10.2 Å². The summed E-state index contributed by atoms with van der Waals surface area (Å²) < 4.78 is 1.78. The Morgan fingerprint density at radius 2 is 2.04 bits per heavy atom. The predicted molar refractivity (Wildman–Crippen MR) is 86.0 cm³/mol. The van der Waals surface area contributed by atoms with Crippen LogP contribution in [0, 0.1) is 0 Å². The summed E-state index contributed by atoms with van der Waals surface area (Å²) >= 11 is 0. The third kappa shape index (κ3) is 3.33. The molecule has 2 amide bonds. The largest absolute Gasteiger partial charge is 0.352 e. The number of fused-ring (bicyclic) bond motifs is 1. The number of nitrogens with one attached hydrogen (secondary N) is 1. The van der Waals surface area contributed by atoms with Gasteiger partial charge in [-0.15, -0.1) is 5.10 Å². The second-order valence-corrected chi connectivity index (χ2v) is 5.70. The van der Waals surface area contributed by atoms with Gasteiger partial charge in [0.25, 0.3) is 5.91 Å². The predicted octanol–water partition coefficient (Wildman–Crippen LogP) is 1.19. The summed E-state index contributed by atoms with van der Waals surface area (Å²) in [5.41, 5.74) is 2.15. The van der Waals surface area contributed by atoms with Gasteiger partial charge in [-0.3, -0.25) is 9.59 Å². The molecular weight excluding hydrogens is 294 g/mol. The Kier molecular flexibility index (Phi) is 4.55. The number of aryl methyl sites for hydroxylation is 1. The maximum atomic E-state index is 12.2. The van der Waals surface area contributed by atoms with Crippen molar-refractivity contribution in [2.24, 2.45) is 0 Å². The van der Waals surface area contributed by atoms with E-state index in [2.05, 4.69) is 15.6 Å². The van der Waals surface area contributed by atoms with Crippen molar-refractivity contribution < 1.29 is 9.59 Å². The number of hydrogen-bond acceptors (Lipinski definition) is 4. The number of aromatic nitrogens is 3. The van der Waals surface area contributed by atoms with Crippen molar-refractivity contribution in [3.63, 3.8) is 0 Å². The Morgan fingerprint density at radius 1 is 1.26 bits per heavy atom. The zero-order chi connectivity index (χ0) is 16.2. The van der Waals surface area contributed by atoms with Crippen LogP contribution in [-0.2, 0) is 11.3 Å². The summed E-state index contributed by atoms with van der Waals surface area (Å²) in [4.78, 5) is 26.0. The van der Waals surface area contributed by atoms with Gasteiger partial charge in [0.2, 0.25) is 5.91 Å². The molecule has 3 rings (SSSR count). The lowest BCUT2D eigenvalue weighted by atomic mass is 10.2. The molecular formula is C16H21N5O2. The van der Waals surface area contributed by atoms with Crippen LogP contribution in [-0.4, -0.2) is 51.3 Å². The van der Waals surface area contributed by atoms with E-state index in [0.717, 1.165) is 38.0 Å². The average molecular weight is 315 g/mol. The number of amides is 2. The minimum atomic E-state index is -0.188. The van der Waals surface area contributed by atoms with E-state index >= 15 is 0 Å². The van der Waals surface area contributed by atoms with Crippen LogP contribution in [0.2, 0.25) is 0 Å². The normalized spacial score (nSPS) is 14.4. The molecule has 0 saturated carbocycles. The molecule has 0 atom stereocenters. The maximum Gasteiger partial charge on any atom is 0.251 e. The Balaban J connectivity index is 1.56. The number of hydrogen-bond donors (Lipinski definition) is 1. The van der Waals surface area contributed by atoms with Crippen LogP contribution >= 0.6 is 0 Å². The fourth-order valence-electron chi connectivity index (χ4n) is 2.86. The van der Waals surface area contributed by atoms with Crippen molar-refractivity contribution in [2.75, 3.05) is 19.6 Å². The van der Waals surface area contributed by atoms with Crippen LogP contribution in [0.3, 0.4) is 0 Å². The van der Waals surface area contributed by atoms with Crippen LogP contribution in [0.25, 0.3) is 11.0 Å². The molecule has 0 unspecified atom stereocenters. The fraction of sp³-hybridized carbons (Fsp3) is 0.500. The molecule has 7 nitrogen and oxygen atoms in total. The Labute approximate surface area is 134 Å². The van der Waals surface area contributed by atoms with Gasteiger partial charge in [0.15, 0.2) is 0 Å². The van der Waals surface area contributed by atoms with E-state index in [-0.39, 0.29) is 11.8 Å². The van der Waals surface area contributed by atoms with Gasteiger partial charge in [0.1, 0.15) is 5.52 Å². The summed E-state index contributed by atoms with van der Waals surface area (Å²) in [5, 5.41) is 10.9. The van der Waals surface area contributed by atoms with Gasteiger partial charge in [-0.25, -0.2) is 4.68 Å². The third-order valence-corrected chi connectivity index (χ3v) is 4.16. The van der Waals surface area contributed by atoms with Crippen molar-refractivity contribution in [3.05, 3.63) is 23.8 Å². The number of carbonyl (C=O) groups excluding carboxylic acids is 2. The Bertz CT molecular complexity index is 718.